The number of hydrogen-bond acceptors (Lipinski definition) is 2. The number of hydrogen-bond donors (Lipinski definition) is 1. The topological polar surface area (TPSA) is 37.9 Å². The van der Waals surface area contributed by atoms with E-state index in [9.17, 15) is 0 Å². The number of H-pyrrole nitrogens is 1. The maximum atomic E-state index is 6.29. The lowest BCUT2D eigenvalue weighted by Crippen LogP contribution is -1.95. The summed E-state index contributed by atoms with van der Waals surface area (Å²) in [4.78, 5) is 8.09. The van der Waals surface area contributed by atoms with Crippen molar-refractivity contribution in [3.8, 4) is 22.9 Å². The number of aromatic amines is 1. The first-order valence-corrected chi connectivity index (χ1v) is 8.53. The summed E-state index contributed by atoms with van der Waals surface area (Å²) in [6, 6.07) is 24.2. The number of rotatable bonds is 4. The number of imidazole rings is 1. The lowest BCUT2D eigenvalue weighted by atomic mass is 10.0. The molecule has 0 aliphatic carbocycles. The Morgan fingerprint density at radius 3 is 2.28 bits per heavy atom. The predicted molar refractivity (Wildman–Crippen MR) is 102 cm³/mol. The minimum atomic E-state index is 0.398. The van der Waals surface area contributed by atoms with Crippen molar-refractivity contribution in [3.63, 3.8) is 0 Å². The fourth-order valence-electron chi connectivity index (χ4n) is 3.00. The average Bonchev–Trinajstić information content (AvgIpc) is 3.06. The number of ether oxygens (including phenoxy) is 1. The first-order valence-electron chi connectivity index (χ1n) is 8.53. The summed E-state index contributed by atoms with van der Waals surface area (Å²) in [6.45, 7) is 4.35. The van der Waals surface area contributed by atoms with Crippen LogP contribution in [-0.4, -0.2) is 9.97 Å². The Bertz CT molecular complexity index is 984. The number of nitrogens with zero attached hydrogens (tertiary/aromatic N) is 1. The molecule has 0 unspecified atom stereocenters. The van der Waals surface area contributed by atoms with Gasteiger partial charge in [0, 0.05) is 0 Å². The Kier molecular flexibility index (Phi) is 3.98. The standard InChI is InChI=1S/C22H20N2O/c1-15(2)16-9-3-7-13-20(16)25-21-14-8-4-10-17(21)22-23-18-11-5-6-12-19(18)24-22/h3-15H,1-2H3,(H,23,24). The van der Waals surface area contributed by atoms with E-state index in [1.165, 1.54) is 5.56 Å². The fourth-order valence-corrected chi connectivity index (χ4v) is 3.00. The molecule has 4 aromatic rings. The number of nitrogens with one attached hydrogen (secondary N) is 1. The van der Waals surface area contributed by atoms with Crippen LogP contribution in [0.25, 0.3) is 22.4 Å². The number of aromatic nitrogens is 2. The molecule has 0 aliphatic heterocycles. The number of benzene rings is 3. The molecule has 0 spiro atoms. The summed E-state index contributed by atoms with van der Waals surface area (Å²) in [5, 5.41) is 0. The predicted octanol–water partition coefficient (Wildman–Crippen LogP) is 6.15. The van der Waals surface area contributed by atoms with E-state index >= 15 is 0 Å². The highest BCUT2D eigenvalue weighted by Gasteiger charge is 2.13. The molecule has 1 aromatic heterocycles. The Hall–Kier alpha value is -3.07. The van der Waals surface area contributed by atoms with E-state index in [1.807, 2.05) is 66.7 Å². The Labute approximate surface area is 147 Å². The summed E-state index contributed by atoms with van der Waals surface area (Å²) in [7, 11) is 0. The van der Waals surface area contributed by atoms with Crippen LogP contribution in [0.15, 0.2) is 72.8 Å². The molecule has 0 fully saturated rings. The van der Waals surface area contributed by atoms with Crippen molar-refractivity contribution in [1.82, 2.24) is 9.97 Å². The van der Waals surface area contributed by atoms with Crippen LogP contribution in [0.4, 0.5) is 0 Å². The molecular formula is C22H20N2O. The van der Waals surface area contributed by atoms with Crippen LogP contribution < -0.4 is 4.74 Å². The molecule has 0 amide bonds. The fraction of sp³-hybridized carbons (Fsp3) is 0.136. The van der Waals surface area contributed by atoms with Gasteiger partial charge in [0.1, 0.15) is 17.3 Å². The van der Waals surface area contributed by atoms with Gasteiger partial charge in [0.2, 0.25) is 0 Å². The van der Waals surface area contributed by atoms with E-state index in [0.717, 1.165) is 33.9 Å². The zero-order valence-electron chi connectivity index (χ0n) is 14.4. The molecule has 3 aromatic carbocycles. The highest BCUT2D eigenvalue weighted by atomic mass is 16.5. The van der Waals surface area contributed by atoms with Crippen molar-refractivity contribution in [1.29, 1.82) is 0 Å². The summed E-state index contributed by atoms with van der Waals surface area (Å²) < 4.78 is 6.29. The minimum Gasteiger partial charge on any atom is -0.456 e. The third-order valence-corrected chi connectivity index (χ3v) is 4.29. The average molecular weight is 328 g/mol. The highest BCUT2D eigenvalue weighted by Crippen LogP contribution is 2.35. The molecule has 0 saturated heterocycles. The zero-order chi connectivity index (χ0) is 17.2. The molecule has 3 nitrogen and oxygen atoms in total. The third-order valence-electron chi connectivity index (χ3n) is 4.29. The molecule has 3 heteroatoms. The molecule has 0 aliphatic rings. The van der Waals surface area contributed by atoms with Gasteiger partial charge in [0.25, 0.3) is 0 Å². The third kappa shape index (κ3) is 3.01. The highest BCUT2D eigenvalue weighted by molar-refractivity contribution is 5.80. The first kappa shape index (κ1) is 15.5. The van der Waals surface area contributed by atoms with Crippen molar-refractivity contribution in [2.75, 3.05) is 0 Å². The zero-order valence-corrected chi connectivity index (χ0v) is 14.4. The van der Waals surface area contributed by atoms with Gasteiger partial charge in [-0.05, 0) is 41.8 Å². The summed E-state index contributed by atoms with van der Waals surface area (Å²) in [5.74, 6) is 2.91. The first-order chi connectivity index (χ1) is 12.2. The van der Waals surface area contributed by atoms with Crippen LogP contribution in [0.2, 0.25) is 0 Å². The summed E-state index contributed by atoms with van der Waals surface area (Å²) in [5.41, 5.74) is 4.13. The van der Waals surface area contributed by atoms with Crippen LogP contribution in [0.5, 0.6) is 11.5 Å². The monoisotopic (exact) mass is 328 g/mol. The molecule has 1 heterocycles. The normalized spacial score (nSPS) is 11.2. The van der Waals surface area contributed by atoms with Gasteiger partial charge in [-0.15, -0.1) is 0 Å². The molecule has 4 rings (SSSR count). The van der Waals surface area contributed by atoms with E-state index in [-0.39, 0.29) is 0 Å². The maximum Gasteiger partial charge on any atom is 0.142 e. The van der Waals surface area contributed by atoms with Gasteiger partial charge >= 0.3 is 0 Å². The van der Waals surface area contributed by atoms with E-state index in [2.05, 4.69) is 24.9 Å². The van der Waals surface area contributed by atoms with Gasteiger partial charge in [0.15, 0.2) is 0 Å². The van der Waals surface area contributed by atoms with Crippen molar-refractivity contribution < 1.29 is 4.74 Å². The SMILES string of the molecule is CC(C)c1ccccc1Oc1ccccc1-c1nc2ccccc2[nH]1. The van der Waals surface area contributed by atoms with Gasteiger partial charge in [-0.25, -0.2) is 4.98 Å². The Morgan fingerprint density at radius 2 is 1.48 bits per heavy atom. The van der Waals surface area contributed by atoms with Crippen LogP contribution in [-0.2, 0) is 0 Å². The lowest BCUT2D eigenvalue weighted by Gasteiger charge is -2.15. The quantitative estimate of drug-likeness (QED) is 0.488. The van der Waals surface area contributed by atoms with Gasteiger partial charge in [0.05, 0.1) is 16.6 Å². The van der Waals surface area contributed by atoms with Crippen LogP contribution in [0, 0.1) is 0 Å². The molecule has 0 radical (unpaired) electrons. The molecule has 0 saturated carbocycles. The smallest absolute Gasteiger partial charge is 0.142 e. The van der Waals surface area contributed by atoms with Gasteiger partial charge in [-0.2, -0.15) is 0 Å². The van der Waals surface area contributed by atoms with E-state index in [1.54, 1.807) is 0 Å². The molecule has 25 heavy (non-hydrogen) atoms. The summed E-state index contributed by atoms with van der Waals surface area (Å²) in [6.07, 6.45) is 0. The second kappa shape index (κ2) is 6.44. The van der Waals surface area contributed by atoms with Crippen molar-refractivity contribution in [2.45, 2.75) is 19.8 Å². The molecule has 1 N–H and O–H groups in total. The molecule has 124 valence electrons. The Morgan fingerprint density at radius 1 is 0.800 bits per heavy atom. The van der Waals surface area contributed by atoms with Crippen LogP contribution >= 0.6 is 0 Å². The summed E-state index contributed by atoms with van der Waals surface area (Å²) >= 11 is 0. The van der Waals surface area contributed by atoms with E-state index < -0.39 is 0 Å². The van der Waals surface area contributed by atoms with Crippen LogP contribution in [0.1, 0.15) is 25.3 Å². The largest absolute Gasteiger partial charge is 0.456 e. The van der Waals surface area contributed by atoms with Crippen molar-refractivity contribution >= 4 is 11.0 Å². The van der Waals surface area contributed by atoms with Crippen molar-refractivity contribution in [2.24, 2.45) is 0 Å². The van der Waals surface area contributed by atoms with Gasteiger partial charge in [-0.1, -0.05) is 56.3 Å². The van der Waals surface area contributed by atoms with Gasteiger partial charge in [-0.3, -0.25) is 0 Å². The molecule has 0 bridgehead atoms. The lowest BCUT2D eigenvalue weighted by molar-refractivity contribution is 0.474. The molecular weight excluding hydrogens is 308 g/mol. The maximum absolute atomic E-state index is 6.29. The second-order valence-electron chi connectivity index (χ2n) is 6.39. The van der Waals surface area contributed by atoms with E-state index in [4.69, 9.17) is 9.72 Å². The van der Waals surface area contributed by atoms with Crippen LogP contribution in [0.3, 0.4) is 0 Å². The van der Waals surface area contributed by atoms with Crippen molar-refractivity contribution in [3.05, 3.63) is 78.4 Å². The number of para-hydroxylation sites is 4. The van der Waals surface area contributed by atoms with Gasteiger partial charge < -0.3 is 9.72 Å². The van der Waals surface area contributed by atoms with E-state index in [0.29, 0.717) is 5.92 Å². The molecule has 0 atom stereocenters. The number of fused-ring (bicyclic) bond motifs is 1. The Balaban J connectivity index is 1.77. The second-order valence-corrected chi connectivity index (χ2v) is 6.39. The minimum absolute atomic E-state index is 0.398.